The standard InChI is InChI=1S/C29H33N3O4/c1-4-25(22-9-6-5-7-10-22)28(33)30-23-13-16-27(36-3)26(19-23)32-18-8-17-31(29(32)34)20-21-11-14-24(35-2)15-12-21/h5-7,9-16,19,25H,4,8,17-18,20H2,1-3H3,(H,30,33)/t25-/m1/s1. The first-order valence-corrected chi connectivity index (χ1v) is 12.3. The molecule has 0 aliphatic carbocycles. The smallest absolute Gasteiger partial charge is 0.324 e. The molecule has 188 valence electrons. The molecule has 3 aromatic carbocycles. The van der Waals surface area contributed by atoms with Gasteiger partial charge in [0.2, 0.25) is 5.91 Å². The summed E-state index contributed by atoms with van der Waals surface area (Å²) in [7, 11) is 3.22. The van der Waals surface area contributed by atoms with Crippen molar-refractivity contribution in [2.24, 2.45) is 0 Å². The van der Waals surface area contributed by atoms with Crippen molar-refractivity contribution in [3.8, 4) is 11.5 Å². The fourth-order valence-electron chi connectivity index (χ4n) is 4.57. The molecular formula is C29H33N3O4. The Balaban J connectivity index is 1.53. The van der Waals surface area contributed by atoms with Crippen LogP contribution >= 0.6 is 0 Å². The van der Waals surface area contributed by atoms with Gasteiger partial charge in [0.15, 0.2) is 0 Å². The molecule has 0 aromatic heterocycles. The van der Waals surface area contributed by atoms with Crippen LogP contribution in [0.2, 0.25) is 0 Å². The van der Waals surface area contributed by atoms with Gasteiger partial charge in [0.25, 0.3) is 0 Å². The largest absolute Gasteiger partial charge is 0.497 e. The Morgan fingerprint density at radius 2 is 1.72 bits per heavy atom. The Bertz CT molecular complexity index is 1180. The van der Waals surface area contributed by atoms with Gasteiger partial charge in [-0.15, -0.1) is 0 Å². The fraction of sp³-hybridized carbons (Fsp3) is 0.310. The van der Waals surface area contributed by atoms with Gasteiger partial charge in [-0.3, -0.25) is 9.69 Å². The van der Waals surface area contributed by atoms with Crippen LogP contribution in [0.3, 0.4) is 0 Å². The highest BCUT2D eigenvalue weighted by Gasteiger charge is 2.29. The number of amides is 3. The van der Waals surface area contributed by atoms with E-state index in [2.05, 4.69) is 5.32 Å². The molecule has 7 nitrogen and oxygen atoms in total. The number of rotatable bonds is 9. The van der Waals surface area contributed by atoms with Crippen molar-refractivity contribution >= 4 is 23.3 Å². The van der Waals surface area contributed by atoms with Gasteiger partial charge in [0, 0.05) is 25.3 Å². The summed E-state index contributed by atoms with van der Waals surface area (Å²) in [4.78, 5) is 30.2. The van der Waals surface area contributed by atoms with Crippen molar-refractivity contribution in [1.82, 2.24) is 4.90 Å². The second-order valence-corrected chi connectivity index (χ2v) is 8.80. The second-order valence-electron chi connectivity index (χ2n) is 8.80. The third-order valence-corrected chi connectivity index (χ3v) is 6.51. The van der Waals surface area contributed by atoms with Crippen LogP contribution in [0.25, 0.3) is 0 Å². The Kier molecular flexibility index (Phi) is 8.10. The maximum Gasteiger partial charge on any atom is 0.324 e. The lowest BCUT2D eigenvalue weighted by atomic mass is 9.95. The summed E-state index contributed by atoms with van der Waals surface area (Å²) in [6.07, 6.45) is 1.51. The Morgan fingerprint density at radius 1 is 0.972 bits per heavy atom. The van der Waals surface area contributed by atoms with E-state index >= 15 is 0 Å². The topological polar surface area (TPSA) is 71.1 Å². The average Bonchev–Trinajstić information content (AvgIpc) is 2.91. The van der Waals surface area contributed by atoms with Crippen molar-refractivity contribution in [3.63, 3.8) is 0 Å². The van der Waals surface area contributed by atoms with E-state index in [1.807, 2.05) is 78.6 Å². The fourth-order valence-corrected chi connectivity index (χ4v) is 4.57. The molecule has 36 heavy (non-hydrogen) atoms. The van der Waals surface area contributed by atoms with Gasteiger partial charge < -0.3 is 19.7 Å². The lowest BCUT2D eigenvalue weighted by Crippen LogP contribution is -2.49. The van der Waals surface area contributed by atoms with E-state index in [-0.39, 0.29) is 17.9 Å². The van der Waals surface area contributed by atoms with Crippen LogP contribution in [0.5, 0.6) is 11.5 Å². The van der Waals surface area contributed by atoms with Crippen molar-refractivity contribution in [2.75, 3.05) is 37.5 Å². The summed E-state index contributed by atoms with van der Waals surface area (Å²) in [5, 5.41) is 3.04. The highest BCUT2D eigenvalue weighted by Crippen LogP contribution is 2.34. The number of nitrogens with zero attached hydrogens (tertiary/aromatic N) is 2. The van der Waals surface area contributed by atoms with Crippen LogP contribution in [0.1, 0.15) is 36.8 Å². The third kappa shape index (κ3) is 5.62. The number of hydrogen-bond acceptors (Lipinski definition) is 4. The Morgan fingerprint density at radius 3 is 2.39 bits per heavy atom. The number of nitrogens with one attached hydrogen (secondary N) is 1. The van der Waals surface area contributed by atoms with E-state index in [4.69, 9.17) is 9.47 Å². The highest BCUT2D eigenvalue weighted by atomic mass is 16.5. The van der Waals surface area contributed by atoms with Gasteiger partial charge in [-0.25, -0.2) is 4.79 Å². The predicted molar refractivity (Wildman–Crippen MR) is 142 cm³/mol. The number of hydrogen-bond donors (Lipinski definition) is 1. The zero-order valence-corrected chi connectivity index (χ0v) is 21.1. The van der Waals surface area contributed by atoms with Crippen molar-refractivity contribution in [3.05, 3.63) is 83.9 Å². The van der Waals surface area contributed by atoms with E-state index in [0.717, 1.165) is 23.3 Å². The Hall–Kier alpha value is -4.00. The highest BCUT2D eigenvalue weighted by molar-refractivity contribution is 5.98. The molecule has 7 heteroatoms. The summed E-state index contributed by atoms with van der Waals surface area (Å²) in [5.74, 6) is 1.04. The van der Waals surface area contributed by atoms with Crippen molar-refractivity contribution in [2.45, 2.75) is 32.2 Å². The number of ether oxygens (including phenoxy) is 2. The van der Waals surface area contributed by atoms with Gasteiger partial charge in [0.1, 0.15) is 11.5 Å². The number of benzene rings is 3. The summed E-state index contributed by atoms with van der Waals surface area (Å²) >= 11 is 0. The number of methoxy groups -OCH3 is 2. The molecule has 4 rings (SSSR count). The van der Waals surface area contributed by atoms with Gasteiger partial charge >= 0.3 is 6.03 Å². The molecule has 0 unspecified atom stereocenters. The molecule has 1 N–H and O–H groups in total. The van der Waals surface area contributed by atoms with Crippen molar-refractivity contribution in [1.29, 1.82) is 0 Å². The van der Waals surface area contributed by atoms with E-state index < -0.39 is 0 Å². The first-order valence-electron chi connectivity index (χ1n) is 12.3. The molecule has 3 amide bonds. The Labute approximate surface area is 212 Å². The molecule has 1 heterocycles. The van der Waals surface area contributed by atoms with Gasteiger partial charge in [-0.05, 0) is 54.3 Å². The van der Waals surface area contributed by atoms with Crippen LogP contribution in [0.4, 0.5) is 16.2 Å². The normalized spacial score (nSPS) is 14.4. The molecule has 1 fully saturated rings. The predicted octanol–water partition coefficient (Wildman–Crippen LogP) is 5.67. The van der Waals surface area contributed by atoms with E-state index in [1.165, 1.54) is 0 Å². The second kappa shape index (κ2) is 11.6. The zero-order chi connectivity index (χ0) is 25.5. The minimum Gasteiger partial charge on any atom is -0.497 e. The summed E-state index contributed by atoms with van der Waals surface area (Å²) in [5.41, 5.74) is 3.29. The number of urea groups is 1. The van der Waals surface area contributed by atoms with E-state index in [1.54, 1.807) is 25.2 Å². The summed E-state index contributed by atoms with van der Waals surface area (Å²) in [6, 6.07) is 22.8. The first kappa shape index (κ1) is 25.1. The van der Waals surface area contributed by atoms with Crippen LogP contribution < -0.4 is 19.7 Å². The average molecular weight is 488 g/mol. The van der Waals surface area contributed by atoms with Crippen LogP contribution in [-0.2, 0) is 11.3 Å². The molecule has 0 spiro atoms. The van der Waals surface area contributed by atoms with Crippen LogP contribution in [0.15, 0.2) is 72.8 Å². The molecule has 0 saturated carbocycles. The monoisotopic (exact) mass is 487 g/mol. The zero-order valence-electron chi connectivity index (χ0n) is 21.1. The van der Waals surface area contributed by atoms with Gasteiger partial charge in [-0.1, -0.05) is 49.4 Å². The number of carbonyl (C=O) groups excluding carboxylic acids is 2. The number of anilines is 2. The van der Waals surface area contributed by atoms with Gasteiger partial charge in [-0.2, -0.15) is 0 Å². The van der Waals surface area contributed by atoms with Gasteiger partial charge in [0.05, 0.1) is 25.8 Å². The molecular weight excluding hydrogens is 454 g/mol. The maximum atomic E-state index is 13.5. The first-order chi connectivity index (χ1) is 17.5. The lowest BCUT2D eigenvalue weighted by Gasteiger charge is -2.36. The molecule has 0 radical (unpaired) electrons. The van der Waals surface area contributed by atoms with Crippen LogP contribution in [0, 0.1) is 0 Å². The summed E-state index contributed by atoms with van der Waals surface area (Å²) in [6.45, 7) is 3.76. The van der Waals surface area contributed by atoms with E-state index in [9.17, 15) is 9.59 Å². The SMILES string of the molecule is CC[C@@H](C(=O)Nc1ccc(OC)c(N2CCCN(Cc3ccc(OC)cc3)C2=O)c1)c1ccccc1. The van der Waals surface area contributed by atoms with Crippen molar-refractivity contribution < 1.29 is 19.1 Å². The maximum absolute atomic E-state index is 13.5. The quantitative estimate of drug-likeness (QED) is 0.422. The van der Waals surface area contributed by atoms with E-state index in [0.29, 0.717) is 43.2 Å². The molecule has 0 bridgehead atoms. The molecule has 1 aliphatic rings. The summed E-state index contributed by atoms with van der Waals surface area (Å²) < 4.78 is 10.8. The molecule has 1 atom stereocenters. The lowest BCUT2D eigenvalue weighted by molar-refractivity contribution is -0.117. The minimum absolute atomic E-state index is 0.0779. The molecule has 1 saturated heterocycles. The van der Waals surface area contributed by atoms with Crippen LogP contribution in [-0.4, -0.2) is 44.1 Å². The number of carbonyl (C=O) groups is 2. The third-order valence-electron chi connectivity index (χ3n) is 6.51. The minimum atomic E-state index is -0.256. The molecule has 3 aromatic rings. The molecule has 1 aliphatic heterocycles.